The lowest BCUT2D eigenvalue weighted by Crippen LogP contribution is -2.50. The Bertz CT molecular complexity index is 1140. The van der Waals surface area contributed by atoms with Crippen LogP contribution in [-0.4, -0.2) is 60.4 Å². The lowest BCUT2D eigenvalue weighted by Gasteiger charge is -2.44. The monoisotopic (exact) mass is 521 g/mol. The van der Waals surface area contributed by atoms with Gasteiger partial charge in [-0.05, 0) is 99.2 Å². The van der Waals surface area contributed by atoms with Crippen LogP contribution in [0.25, 0.3) is 11.1 Å². The molecule has 3 aliphatic rings. The SMILES string of the molecule is CC1(CN2CCC(COc3ccc(-c4ccc(C(=O)N5CCCC[C@@H]5C(N)=O)cc4)c(F)c3)CC2)CCC1. The number of piperidine rings is 2. The van der Waals surface area contributed by atoms with Gasteiger partial charge in [-0.25, -0.2) is 4.39 Å². The van der Waals surface area contributed by atoms with Gasteiger partial charge >= 0.3 is 0 Å². The molecule has 2 aliphatic heterocycles. The van der Waals surface area contributed by atoms with E-state index < -0.39 is 11.9 Å². The van der Waals surface area contributed by atoms with Crippen LogP contribution in [0.4, 0.5) is 4.39 Å². The maximum Gasteiger partial charge on any atom is 0.254 e. The molecular weight excluding hydrogens is 481 g/mol. The predicted octanol–water partition coefficient (Wildman–Crippen LogP) is 5.25. The number of carbonyl (C=O) groups is 2. The van der Waals surface area contributed by atoms with Gasteiger partial charge in [-0.1, -0.05) is 25.5 Å². The number of halogens is 1. The van der Waals surface area contributed by atoms with Crippen LogP contribution in [-0.2, 0) is 4.79 Å². The Hall–Kier alpha value is -2.93. The van der Waals surface area contributed by atoms with Crippen molar-refractivity contribution in [1.82, 2.24) is 9.80 Å². The second-order valence-electron chi connectivity index (χ2n) is 11.8. The van der Waals surface area contributed by atoms with Crippen LogP contribution in [0.1, 0.15) is 68.6 Å². The summed E-state index contributed by atoms with van der Waals surface area (Å²) in [5, 5.41) is 0. The normalized spacial score (nSPS) is 22.1. The number of nitrogens with two attached hydrogens (primary N) is 1. The molecule has 2 N–H and O–H groups in total. The van der Waals surface area contributed by atoms with Crippen molar-refractivity contribution < 1.29 is 18.7 Å². The van der Waals surface area contributed by atoms with Crippen LogP contribution >= 0.6 is 0 Å². The number of rotatable bonds is 8. The quantitative estimate of drug-likeness (QED) is 0.515. The highest BCUT2D eigenvalue weighted by atomic mass is 19.1. The summed E-state index contributed by atoms with van der Waals surface area (Å²) in [5.41, 5.74) is 7.65. The van der Waals surface area contributed by atoms with Crippen molar-refractivity contribution in [3.63, 3.8) is 0 Å². The second kappa shape index (κ2) is 11.4. The molecule has 0 bridgehead atoms. The molecule has 3 fully saturated rings. The molecule has 0 aromatic heterocycles. The molecule has 1 saturated carbocycles. The van der Waals surface area contributed by atoms with Gasteiger partial charge in [0.15, 0.2) is 0 Å². The highest BCUT2D eigenvalue weighted by molar-refractivity contribution is 5.97. The summed E-state index contributed by atoms with van der Waals surface area (Å²) in [7, 11) is 0. The van der Waals surface area contributed by atoms with Crippen LogP contribution in [0.2, 0.25) is 0 Å². The third-order valence-corrected chi connectivity index (χ3v) is 8.83. The van der Waals surface area contributed by atoms with Crippen molar-refractivity contribution >= 4 is 11.8 Å². The molecule has 1 atom stereocenters. The van der Waals surface area contributed by atoms with E-state index >= 15 is 4.39 Å². The molecule has 1 aliphatic carbocycles. The standard InChI is InChI=1S/C31H40FN3O3/c1-31(14-4-15-31)21-34-17-12-22(13-18-34)20-38-25-10-11-26(27(32)19-25)23-6-8-24(9-7-23)30(37)35-16-3-2-5-28(35)29(33)36/h6-11,19,22,28H,2-5,12-18,20-21H2,1H3,(H2,33,36)/t28-/m1/s1. The first-order valence-corrected chi connectivity index (χ1v) is 14.2. The fourth-order valence-corrected chi connectivity index (χ4v) is 6.25. The molecular formula is C31H40FN3O3. The zero-order valence-corrected chi connectivity index (χ0v) is 22.5. The van der Waals surface area contributed by atoms with E-state index in [1.165, 1.54) is 31.9 Å². The minimum absolute atomic E-state index is 0.215. The minimum Gasteiger partial charge on any atom is -0.493 e. The van der Waals surface area contributed by atoms with Gasteiger partial charge in [-0.3, -0.25) is 9.59 Å². The van der Waals surface area contributed by atoms with Gasteiger partial charge in [-0.2, -0.15) is 0 Å². The average molecular weight is 522 g/mol. The predicted molar refractivity (Wildman–Crippen MR) is 146 cm³/mol. The van der Waals surface area contributed by atoms with E-state index in [1.807, 2.05) is 6.07 Å². The summed E-state index contributed by atoms with van der Waals surface area (Å²) in [4.78, 5) is 28.9. The van der Waals surface area contributed by atoms with Crippen molar-refractivity contribution in [3.05, 3.63) is 53.8 Å². The Morgan fingerprint density at radius 3 is 2.37 bits per heavy atom. The number of benzene rings is 2. The van der Waals surface area contributed by atoms with E-state index in [0.717, 1.165) is 38.8 Å². The Labute approximate surface area is 225 Å². The molecule has 204 valence electrons. The zero-order valence-electron chi connectivity index (χ0n) is 22.5. The van der Waals surface area contributed by atoms with Gasteiger partial charge in [0, 0.05) is 30.3 Å². The first-order valence-electron chi connectivity index (χ1n) is 14.2. The van der Waals surface area contributed by atoms with Crippen LogP contribution in [0.15, 0.2) is 42.5 Å². The van der Waals surface area contributed by atoms with Gasteiger partial charge in [0.25, 0.3) is 5.91 Å². The molecule has 2 aromatic carbocycles. The Balaban J connectivity index is 1.14. The number of hydrogen-bond acceptors (Lipinski definition) is 4. The maximum absolute atomic E-state index is 15.0. The van der Waals surface area contributed by atoms with Crippen LogP contribution in [0.3, 0.4) is 0 Å². The zero-order chi connectivity index (χ0) is 26.7. The highest BCUT2D eigenvalue weighted by Crippen LogP contribution is 2.41. The average Bonchev–Trinajstić information content (AvgIpc) is 2.91. The molecule has 2 heterocycles. The molecule has 2 aromatic rings. The van der Waals surface area contributed by atoms with Crippen molar-refractivity contribution in [1.29, 1.82) is 0 Å². The molecule has 0 radical (unpaired) electrons. The van der Waals surface area contributed by atoms with Crippen molar-refractivity contribution in [3.8, 4) is 16.9 Å². The summed E-state index contributed by atoms with van der Waals surface area (Å²) in [6, 6.07) is 11.3. The van der Waals surface area contributed by atoms with E-state index in [4.69, 9.17) is 10.5 Å². The van der Waals surface area contributed by atoms with E-state index in [-0.39, 0.29) is 11.7 Å². The fraction of sp³-hybridized carbons (Fsp3) is 0.548. The Kier molecular flexibility index (Phi) is 8.03. The number of hydrogen-bond donors (Lipinski definition) is 1. The minimum atomic E-state index is -0.566. The largest absolute Gasteiger partial charge is 0.493 e. The summed E-state index contributed by atoms with van der Waals surface area (Å²) in [5.74, 6) is 0.0116. The molecule has 38 heavy (non-hydrogen) atoms. The first kappa shape index (κ1) is 26.7. The molecule has 5 rings (SSSR count). The molecule has 2 amide bonds. The number of nitrogens with zero attached hydrogens (tertiary/aromatic N) is 2. The summed E-state index contributed by atoms with van der Waals surface area (Å²) < 4.78 is 21.0. The third kappa shape index (κ3) is 6.04. The summed E-state index contributed by atoms with van der Waals surface area (Å²) in [6.45, 7) is 7.00. The molecule has 6 nitrogen and oxygen atoms in total. The van der Waals surface area contributed by atoms with Crippen molar-refractivity contribution in [2.75, 3.05) is 32.8 Å². The molecule has 2 saturated heterocycles. The topological polar surface area (TPSA) is 75.9 Å². The lowest BCUT2D eigenvalue weighted by molar-refractivity contribution is -0.123. The smallest absolute Gasteiger partial charge is 0.254 e. The van der Waals surface area contributed by atoms with Gasteiger partial charge in [0.2, 0.25) is 5.91 Å². The van der Waals surface area contributed by atoms with Crippen LogP contribution < -0.4 is 10.5 Å². The molecule has 7 heteroatoms. The summed E-state index contributed by atoms with van der Waals surface area (Å²) >= 11 is 0. The van der Waals surface area contributed by atoms with Crippen molar-refractivity contribution in [2.24, 2.45) is 17.1 Å². The van der Waals surface area contributed by atoms with Gasteiger partial charge in [-0.15, -0.1) is 0 Å². The van der Waals surface area contributed by atoms with E-state index in [1.54, 1.807) is 35.2 Å². The summed E-state index contributed by atoms with van der Waals surface area (Å²) in [6.07, 6.45) is 8.67. The molecule has 0 unspecified atom stereocenters. The maximum atomic E-state index is 15.0. The van der Waals surface area contributed by atoms with Gasteiger partial charge in [0.05, 0.1) is 6.61 Å². The number of amides is 2. The van der Waals surface area contributed by atoms with Crippen molar-refractivity contribution in [2.45, 2.75) is 64.3 Å². The Morgan fingerprint density at radius 2 is 1.74 bits per heavy atom. The first-order chi connectivity index (χ1) is 18.3. The van der Waals surface area contributed by atoms with E-state index in [0.29, 0.717) is 53.3 Å². The van der Waals surface area contributed by atoms with E-state index in [9.17, 15) is 9.59 Å². The van der Waals surface area contributed by atoms with Crippen LogP contribution in [0, 0.1) is 17.2 Å². The number of primary amides is 1. The number of ether oxygens (including phenoxy) is 1. The fourth-order valence-electron chi connectivity index (χ4n) is 6.25. The highest BCUT2D eigenvalue weighted by Gasteiger charge is 2.34. The number of likely N-dealkylation sites (tertiary alicyclic amines) is 2. The Morgan fingerprint density at radius 1 is 1.00 bits per heavy atom. The third-order valence-electron chi connectivity index (χ3n) is 8.83. The molecule has 0 spiro atoms. The number of carbonyl (C=O) groups excluding carboxylic acids is 2. The van der Waals surface area contributed by atoms with E-state index in [2.05, 4.69) is 11.8 Å². The van der Waals surface area contributed by atoms with Gasteiger partial charge in [0.1, 0.15) is 17.6 Å². The van der Waals surface area contributed by atoms with Crippen LogP contribution in [0.5, 0.6) is 5.75 Å². The van der Waals surface area contributed by atoms with Gasteiger partial charge < -0.3 is 20.3 Å². The lowest BCUT2D eigenvalue weighted by atomic mass is 9.70. The second-order valence-corrected chi connectivity index (χ2v) is 11.8.